The molecular formula is C5H5LiN2O2S. The van der Waals surface area contributed by atoms with Crippen molar-refractivity contribution in [3.05, 3.63) is 10.5 Å². The van der Waals surface area contributed by atoms with Gasteiger partial charge < -0.3 is 9.90 Å². The summed E-state index contributed by atoms with van der Waals surface area (Å²) in [4.78, 5) is 9.94. The average molecular weight is 164 g/mol. The topological polar surface area (TPSA) is 65.9 Å². The first kappa shape index (κ1) is 10.6. The molecule has 0 saturated carbocycles. The molecule has 0 aliphatic rings. The number of nitrogens with zero attached hydrogens (tertiary/aromatic N) is 2. The molecule has 1 rings (SSSR count). The van der Waals surface area contributed by atoms with Crippen LogP contribution in [0.3, 0.4) is 0 Å². The number of aromatic nitrogens is 2. The van der Waals surface area contributed by atoms with Crippen LogP contribution in [0, 0.1) is 0 Å². The molecule has 1 aromatic rings. The van der Waals surface area contributed by atoms with Crippen LogP contribution >= 0.6 is 11.3 Å². The van der Waals surface area contributed by atoms with Crippen LogP contribution in [0.4, 0.5) is 0 Å². The Balaban J connectivity index is 0.000001000. The molecule has 0 aliphatic carbocycles. The molecule has 0 spiro atoms. The van der Waals surface area contributed by atoms with Crippen molar-refractivity contribution in [3.63, 3.8) is 0 Å². The summed E-state index contributed by atoms with van der Waals surface area (Å²) >= 11 is 1.35. The summed E-state index contributed by atoms with van der Waals surface area (Å²) in [5, 5.41) is 17.9. The number of aliphatic carboxylic acids is 1. The maximum atomic E-state index is 9.94. The Bertz CT molecular complexity index is 214. The van der Waals surface area contributed by atoms with Crippen molar-refractivity contribution < 1.29 is 28.8 Å². The van der Waals surface area contributed by atoms with Crippen molar-refractivity contribution in [2.24, 2.45) is 0 Å². The summed E-state index contributed by atoms with van der Waals surface area (Å²) in [5.74, 6) is -1.05. The largest absolute Gasteiger partial charge is 1.00 e. The van der Waals surface area contributed by atoms with Gasteiger partial charge in [-0.15, -0.1) is 21.5 Å². The first-order chi connectivity index (χ1) is 4.79. The molecule has 0 saturated heterocycles. The monoisotopic (exact) mass is 164 g/mol. The summed E-state index contributed by atoms with van der Waals surface area (Å²) in [5.41, 5.74) is 1.57. The first-order valence-corrected chi connectivity index (χ1v) is 3.62. The summed E-state index contributed by atoms with van der Waals surface area (Å²) in [6.07, 6.45) is 0.447. The first-order valence-electron chi connectivity index (χ1n) is 2.74. The van der Waals surface area contributed by atoms with Crippen molar-refractivity contribution in [2.45, 2.75) is 12.8 Å². The molecule has 1 aromatic heterocycles. The Morgan fingerprint density at radius 2 is 2.45 bits per heavy atom. The maximum Gasteiger partial charge on any atom is 1.00 e. The molecule has 4 nitrogen and oxygen atoms in total. The average Bonchev–Trinajstić information content (AvgIpc) is 2.34. The fraction of sp³-hybridized carbons (Fsp3) is 0.400. The van der Waals surface area contributed by atoms with Crippen LogP contribution in [0.15, 0.2) is 5.51 Å². The van der Waals surface area contributed by atoms with Gasteiger partial charge in [0.15, 0.2) is 0 Å². The second kappa shape index (κ2) is 5.30. The summed E-state index contributed by atoms with van der Waals surface area (Å²) in [6.45, 7) is 0. The molecular weight excluding hydrogens is 159 g/mol. The van der Waals surface area contributed by atoms with Crippen molar-refractivity contribution >= 4 is 17.3 Å². The Kier molecular flexibility index (Phi) is 5.12. The predicted molar refractivity (Wildman–Crippen MR) is 33.2 cm³/mol. The van der Waals surface area contributed by atoms with Gasteiger partial charge in [0.25, 0.3) is 0 Å². The van der Waals surface area contributed by atoms with E-state index in [0.717, 1.165) is 5.01 Å². The molecule has 6 heteroatoms. The molecule has 0 amide bonds. The number of hydrogen-bond acceptors (Lipinski definition) is 5. The Labute approximate surface area is 79.8 Å². The molecule has 11 heavy (non-hydrogen) atoms. The molecule has 0 radical (unpaired) electrons. The quantitative estimate of drug-likeness (QED) is 0.430. The Morgan fingerprint density at radius 3 is 2.91 bits per heavy atom. The number of aryl methyl sites for hydroxylation is 1. The van der Waals surface area contributed by atoms with E-state index in [4.69, 9.17) is 0 Å². The zero-order chi connectivity index (χ0) is 7.40. The van der Waals surface area contributed by atoms with E-state index in [1.165, 1.54) is 11.3 Å². The zero-order valence-electron chi connectivity index (χ0n) is 6.11. The normalized spacial score (nSPS) is 8.73. The van der Waals surface area contributed by atoms with E-state index in [-0.39, 0.29) is 25.3 Å². The van der Waals surface area contributed by atoms with Gasteiger partial charge in [0.1, 0.15) is 10.5 Å². The Hall–Kier alpha value is -0.373. The minimum atomic E-state index is -1.05. The van der Waals surface area contributed by atoms with Crippen LogP contribution in [0.25, 0.3) is 0 Å². The SMILES string of the molecule is O=C([O-])CCc1nncs1.[Li+]. The van der Waals surface area contributed by atoms with Crippen LogP contribution in [0.1, 0.15) is 11.4 Å². The van der Waals surface area contributed by atoms with Crippen LogP contribution in [0.2, 0.25) is 0 Å². The zero-order valence-corrected chi connectivity index (χ0v) is 6.93. The van der Waals surface area contributed by atoms with Crippen molar-refractivity contribution in [1.82, 2.24) is 10.2 Å². The number of carbonyl (C=O) groups excluding carboxylic acids is 1. The van der Waals surface area contributed by atoms with E-state index in [1.807, 2.05) is 0 Å². The summed E-state index contributed by atoms with van der Waals surface area (Å²) < 4.78 is 0. The molecule has 0 aromatic carbocycles. The number of hydrogen-bond donors (Lipinski definition) is 0. The predicted octanol–water partition coefficient (Wildman–Crippen LogP) is -3.78. The van der Waals surface area contributed by atoms with Crippen molar-refractivity contribution in [1.29, 1.82) is 0 Å². The Morgan fingerprint density at radius 1 is 1.73 bits per heavy atom. The third-order valence-corrected chi connectivity index (χ3v) is 1.71. The molecule has 1 heterocycles. The minimum Gasteiger partial charge on any atom is -0.550 e. The summed E-state index contributed by atoms with van der Waals surface area (Å²) in [6, 6.07) is 0. The van der Waals surface area contributed by atoms with E-state index in [2.05, 4.69) is 10.2 Å². The van der Waals surface area contributed by atoms with E-state index < -0.39 is 5.97 Å². The van der Waals surface area contributed by atoms with E-state index in [0.29, 0.717) is 6.42 Å². The molecule has 0 bridgehead atoms. The van der Waals surface area contributed by atoms with Gasteiger partial charge in [-0.25, -0.2) is 0 Å². The third-order valence-electron chi connectivity index (χ3n) is 0.948. The maximum absolute atomic E-state index is 9.94. The van der Waals surface area contributed by atoms with Gasteiger partial charge >= 0.3 is 18.9 Å². The van der Waals surface area contributed by atoms with Gasteiger partial charge in [-0.3, -0.25) is 0 Å². The van der Waals surface area contributed by atoms with Gasteiger partial charge in [0.2, 0.25) is 0 Å². The number of carbonyl (C=O) groups is 1. The number of rotatable bonds is 3. The molecule has 0 fully saturated rings. The van der Waals surface area contributed by atoms with Crippen LogP contribution < -0.4 is 24.0 Å². The van der Waals surface area contributed by atoms with Gasteiger partial charge in [0, 0.05) is 12.4 Å². The minimum absolute atomic E-state index is 0. The summed E-state index contributed by atoms with van der Waals surface area (Å²) in [7, 11) is 0. The molecule has 54 valence electrons. The second-order valence-electron chi connectivity index (χ2n) is 1.70. The van der Waals surface area contributed by atoms with Gasteiger partial charge in [-0.05, 0) is 6.42 Å². The van der Waals surface area contributed by atoms with E-state index in [9.17, 15) is 9.90 Å². The van der Waals surface area contributed by atoms with Crippen molar-refractivity contribution in [2.75, 3.05) is 0 Å². The number of carboxylic acids is 1. The standard InChI is InChI=1S/C5H6N2O2S.Li/c8-5(9)2-1-4-7-6-3-10-4;/h3H,1-2H2,(H,8,9);/q;+1/p-1. The van der Waals surface area contributed by atoms with Crippen LogP contribution in [-0.4, -0.2) is 16.2 Å². The third kappa shape index (κ3) is 4.14. The van der Waals surface area contributed by atoms with E-state index in [1.54, 1.807) is 5.51 Å². The van der Waals surface area contributed by atoms with E-state index >= 15 is 0 Å². The number of carboxylic acid groups (broad SMARTS) is 1. The van der Waals surface area contributed by atoms with Gasteiger partial charge in [-0.2, -0.15) is 0 Å². The van der Waals surface area contributed by atoms with Gasteiger partial charge in [-0.1, -0.05) is 0 Å². The molecule has 0 N–H and O–H groups in total. The molecule has 0 unspecified atom stereocenters. The fourth-order valence-electron chi connectivity index (χ4n) is 0.514. The van der Waals surface area contributed by atoms with Crippen LogP contribution in [-0.2, 0) is 11.2 Å². The van der Waals surface area contributed by atoms with Crippen molar-refractivity contribution in [3.8, 4) is 0 Å². The smallest absolute Gasteiger partial charge is 0.550 e. The molecule has 0 aliphatic heterocycles. The van der Waals surface area contributed by atoms with Crippen LogP contribution in [0.5, 0.6) is 0 Å². The second-order valence-corrected chi connectivity index (χ2v) is 2.62. The molecule has 0 atom stereocenters. The van der Waals surface area contributed by atoms with Gasteiger partial charge in [0.05, 0.1) is 0 Å². The fourth-order valence-corrected chi connectivity index (χ4v) is 1.04.